The fourth-order valence-corrected chi connectivity index (χ4v) is 2.21. The van der Waals surface area contributed by atoms with E-state index in [0.717, 1.165) is 33.8 Å². The van der Waals surface area contributed by atoms with Gasteiger partial charge in [0, 0.05) is 19.0 Å². The maximum absolute atomic E-state index is 4.57. The fraction of sp³-hybridized carbons (Fsp3) is 0.231. The Labute approximate surface area is 109 Å². The second-order valence-electron chi connectivity index (χ2n) is 3.62. The Kier molecular flexibility index (Phi) is 3.74. The number of halogens is 1. The highest BCUT2D eigenvalue weighted by Gasteiger charge is 2.11. The molecule has 0 spiro atoms. The van der Waals surface area contributed by atoms with Crippen molar-refractivity contribution in [1.82, 2.24) is 9.97 Å². The molecule has 1 heterocycles. The Bertz CT molecular complexity index is 512. The van der Waals surface area contributed by atoms with Crippen molar-refractivity contribution in [2.24, 2.45) is 0 Å². The Morgan fingerprint density at radius 1 is 1.18 bits per heavy atom. The van der Waals surface area contributed by atoms with Gasteiger partial charge in [0.1, 0.15) is 11.6 Å². The first-order chi connectivity index (χ1) is 8.26. The summed E-state index contributed by atoms with van der Waals surface area (Å²) in [6, 6.07) is 10.1. The molecule has 0 aliphatic heterocycles. The maximum atomic E-state index is 4.57. The molecular formula is C13H14BrN3. The van der Waals surface area contributed by atoms with Crippen molar-refractivity contribution in [1.29, 1.82) is 0 Å². The standard InChI is InChI=1S/C13H14BrN3/c1-3-10-16-12(9-7-5-4-6-8-9)11(14)13(15-2)17-10/h4-8H,3H2,1-2H3,(H,15,16,17). The highest BCUT2D eigenvalue weighted by Crippen LogP contribution is 2.31. The van der Waals surface area contributed by atoms with Gasteiger partial charge < -0.3 is 5.32 Å². The van der Waals surface area contributed by atoms with E-state index >= 15 is 0 Å². The van der Waals surface area contributed by atoms with E-state index in [1.807, 2.05) is 37.4 Å². The van der Waals surface area contributed by atoms with E-state index in [1.54, 1.807) is 0 Å². The third-order valence-corrected chi connectivity index (χ3v) is 3.25. The zero-order valence-corrected chi connectivity index (χ0v) is 11.5. The minimum Gasteiger partial charge on any atom is -0.372 e. The summed E-state index contributed by atoms with van der Waals surface area (Å²) in [5, 5.41) is 3.08. The summed E-state index contributed by atoms with van der Waals surface area (Å²) in [6.07, 6.45) is 0.821. The average Bonchev–Trinajstić information content (AvgIpc) is 2.40. The van der Waals surface area contributed by atoms with E-state index in [9.17, 15) is 0 Å². The van der Waals surface area contributed by atoms with Crippen LogP contribution in [0.3, 0.4) is 0 Å². The second-order valence-corrected chi connectivity index (χ2v) is 4.41. The first-order valence-electron chi connectivity index (χ1n) is 5.55. The molecule has 0 saturated heterocycles. The molecule has 1 aromatic heterocycles. The van der Waals surface area contributed by atoms with Crippen LogP contribution in [0.25, 0.3) is 11.3 Å². The normalized spacial score (nSPS) is 10.3. The molecule has 0 amide bonds. The van der Waals surface area contributed by atoms with Crippen LogP contribution in [0.2, 0.25) is 0 Å². The van der Waals surface area contributed by atoms with Gasteiger partial charge in [-0.05, 0) is 15.9 Å². The summed E-state index contributed by atoms with van der Waals surface area (Å²) in [5.41, 5.74) is 2.02. The molecule has 2 aromatic rings. The number of nitrogens with zero attached hydrogens (tertiary/aromatic N) is 2. The van der Waals surface area contributed by atoms with Gasteiger partial charge in [-0.15, -0.1) is 0 Å². The van der Waals surface area contributed by atoms with Gasteiger partial charge in [-0.3, -0.25) is 0 Å². The summed E-state index contributed by atoms with van der Waals surface area (Å²) in [6.45, 7) is 2.05. The van der Waals surface area contributed by atoms with Gasteiger partial charge in [0.2, 0.25) is 0 Å². The molecule has 1 N–H and O–H groups in total. The summed E-state index contributed by atoms with van der Waals surface area (Å²) in [7, 11) is 1.86. The lowest BCUT2D eigenvalue weighted by atomic mass is 10.1. The monoisotopic (exact) mass is 291 g/mol. The summed E-state index contributed by atoms with van der Waals surface area (Å²) in [4.78, 5) is 9.00. The predicted molar refractivity (Wildman–Crippen MR) is 74.1 cm³/mol. The van der Waals surface area contributed by atoms with Crippen molar-refractivity contribution in [3.05, 3.63) is 40.6 Å². The van der Waals surface area contributed by atoms with Crippen molar-refractivity contribution in [2.45, 2.75) is 13.3 Å². The molecule has 88 valence electrons. The molecule has 0 unspecified atom stereocenters. The predicted octanol–water partition coefficient (Wildman–Crippen LogP) is 3.51. The quantitative estimate of drug-likeness (QED) is 0.940. The van der Waals surface area contributed by atoms with Crippen LogP contribution in [0.4, 0.5) is 5.82 Å². The van der Waals surface area contributed by atoms with Gasteiger partial charge in [0.25, 0.3) is 0 Å². The third-order valence-electron chi connectivity index (χ3n) is 2.50. The molecule has 1 aromatic carbocycles. The molecule has 0 atom stereocenters. The lowest BCUT2D eigenvalue weighted by Crippen LogP contribution is -2.02. The largest absolute Gasteiger partial charge is 0.372 e. The molecule has 0 saturated carbocycles. The van der Waals surface area contributed by atoms with Gasteiger partial charge in [-0.25, -0.2) is 9.97 Å². The number of aromatic nitrogens is 2. The van der Waals surface area contributed by atoms with Crippen LogP contribution in [0, 0.1) is 0 Å². The minimum absolute atomic E-state index is 0.821. The first kappa shape index (κ1) is 12.0. The fourth-order valence-electron chi connectivity index (χ4n) is 1.60. The number of aryl methyl sites for hydroxylation is 1. The molecule has 2 rings (SSSR count). The number of hydrogen-bond donors (Lipinski definition) is 1. The Hall–Kier alpha value is -1.42. The van der Waals surface area contributed by atoms with Crippen molar-refractivity contribution in [3.63, 3.8) is 0 Å². The van der Waals surface area contributed by atoms with E-state index in [-0.39, 0.29) is 0 Å². The minimum atomic E-state index is 0.821. The molecule has 0 radical (unpaired) electrons. The van der Waals surface area contributed by atoms with Crippen LogP contribution in [-0.4, -0.2) is 17.0 Å². The number of benzene rings is 1. The SMILES string of the molecule is CCc1nc(NC)c(Br)c(-c2ccccc2)n1. The number of hydrogen-bond acceptors (Lipinski definition) is 3. The van der Waals surface area contributed by atoms with Crippen LogP contribution < -0.4 is 5.32 Å². The Morgan fingerprint density at radius 2 is 1.88 bits per heavy atom. The maximum Gasteiger partial charge on any atom is 0.144 e. The van der Waals surface area contributed by atoms with Gasteiger partial charge >= 0.3 is 0 Å². The van der Waals surface area contributed by atoms with Crippen LogP contribution in [-0.2, 0) is 6.42 Å². The number of rotatable bonds is 3. The van der Waals surface area contributed by atoms with Crippen molar-refractivity contribution in [2.75, 3.05) is 12.4 Å². The van der Waals surface area contributed by atoms with E-state index in [0.29, 0.717) is 0 Å². The molecule has 3 nitrogen and oxygen atoms in total. The van der Waals surface area contributed by atoms with Crippen molar-refractivity contribution >= 4 is 21.7 Å². The van der Waals surface area contributed by atoms with Crippen LogP contribution in [0.1, 0.15) is 12.7 Å². The zero-order valence-electron chi connectivity index (χ0n) is 9.87. The lowest BCUT2D eigenvalue weighted by Gasteiger charge is -2.10. The average molecular weight is 292 g/mol. The second kappa shape index (κ2) is 5.27. The smallest absolute Gasteiger partial charge is 0.144 e. The molecule has 0 aliphatic rings. The summed E-state index contributed by atoms with van der Waals surface area (Å²) >= 11 is 3.55. The van der Waals surface area contributed by atoms with Gasteiger partial charge in [-0.1, -0.05) is 37.3 Å². The number of anilines is 1. The molecule has 17 heavy (non-hydrogen) atoms. The third kappa shape index (κ3) is 2.47. The van der Waals surface area contributed by atoms with E-state index in [4.69, 9.17) is 0 Å². The van der Waals surface area contributed by atoms with Gasteiger partial charge in [0.15, 0.2) is 0 Å². The zero-order chi connectivity index (χ0) is 12.3. The topological polar surface area (TPSA) is 37.8 Å². The lowest BCUT2D eigenvalue weighted by molar-refractivity contribution is 0.940. The highest BCUT2D eigenvalue weighted by molar-refractivity contribution is 9.10. The van der Waals surface area contributed by atoms with Crippen molar-refractivity contribution < 1.29 is 0 Å². The molecule has 0 aliphatic carbocycles. The van der Waals surface area contributed by atoms with E-state index in [1.165, 1.54) is 0 Å². The summed E-state index contributed by atoms with van der Waals surface area (Å²) < 4.78 is 0.906. The van der Waals surface area contributed by atoms with Crippen molar-refractivity contribution in [3.8, 4) is 11.3 Å². The van der Waals surface area contributed by atoms with E-state index in [2.05, 4.69) is 38.1 Å². The summed E-state index contributed by atoms with van der Waals surface area (Å²) in [5.74, 6) is 1.67. The van der Waals surface area contributed by atoms with Crippen LogP contribution in [0.15, 0.2) is 34.8 Å². The highest BCUT2D eigenvalue weighted by atomic mass is 79.9. The van der Waals surface area contributed by atoms with Crippen LogP contribution in [0.5, 0.6) is 0 Å². The molecule has 0 fully saturated rings. The Morgan fingerprint density at radius 3 is 2.47 bits per heavy atom. The molecule has 4 heteroatoms. The van der Waals surface area contributed by atoms with Gasteiger partial charge in [0.05, 0.1) is 10.2 Å². The van der Waals surface area contributed by atoms with E-state index < -0.39 is 0 Å². The molecule has 0 bridgehead atoms. The first-order valence-corrected chi connectivity index (χ1v) is 6.35. The Balaban J connectivity index is 2.60. The molecular weight excluding hydrogens is 278 g/mol. The number of nitrogens with one attached hydrogen (secondary N) is 1. The van der Waals surface area contributed by atoms with Crippen LogP contribution >= 0.6 is 15.9 Å². The van der Waals surface area contributed by atoms with Gasteiger partial charge in [-0.2, -0.15) is 0 Å².